The minimum absolute atomic E-state index is 0.0569. The van der Waals surface area contributed by atoms with Gasteiger partial charge in [-0.25, -0.2) is 4.79 Å². The summed E-state index contributed by atoms with van der Waals surface area (Å²) in [7, 11) is 0. The molecule has 2 amide bonds. The van der Waals surface area contributed by atoms with Crippen LogP contribution in [0.2, 0.25) is 5.02 Å². The lowest BCUT2D eigenvalue weighted by Crippen LogP contribution is -3.13. The van der Waals surface area contributed by atoms with Crippen LogP contribution in [-0.2, 0) is 6.54 Å². The van der Waals surface area contributed by atoms with Gasteiger partial charge in [-0.05, 0) is 13.0 Å². The van der Waals surface area contributed by atoms with Crippen molar-refractivity contribution in [2.24, 2.45) is 0 Å². The molecule has 2 N–H and O–H groups in total. The number of rotatable bonds is 3. The maximum absolute atomic E-state index is 11.8. The molecule has 1 aromatic heterocycles. The van der Waals surface area contributed by atoms with Crippen molar-refractivity contribution in [1.82, 2.24) is 10.2 Å². The largest absolute Gasteiger partial charge is 0.338 e. The van der Waals surface area contributed by atoms with Crippen molar-refractivity contribution in [1.29, 1.82) is 0 Å². The fraction of sp³-hybridized carbons (Fsp3) is 0.438. The number of benzene rings is 1. The molecule has 0 atom stereocenters. The summed E-state index contributed by atoms with van der Waals surface area (Å²) >= 11 is 8.31. The van der Waals surface area contributed by atoms with Crippen molar-refractivity contribution in [3.8, 4) is 0 Å². The number of carbonyl (C=O) groups excluding carboxylic acids is 1. The fourth-order valence-electron chi connectivity index (χ4n) is 2.87. The standard InChI is InChI=1S/C16H20ClN3OS/c1-2-18-16(21)20-9-7-19(8-10-20)11-14-15(17)12-5-3-4-6-13(12)22-14/h3-6H,2,7-11H2,1H3,(H,18,21)/p+1. The van der Waals surface area contributed by atoms with Crippen LogP contribution in [0.5, 0.6) is 0 Å². The minimum atomic E-state index is 0.0569. The Labute approximate surface area is 139 Å². The average molecular weight is 339 g/mol. The first kappa shape index (κ1) is 15.6. The van der Waals surface area contributed by atoms with E-state index in [4.69, 9.17) is 11.6 Å². The highest BCUT2D eigenvalue weighted by atomic mass is 35.5. The number of quaternary nitrogens is 1. The van der Waals surface area contributed by atoms with Crippen molar-refractivity contribution < 1.29 is 9.69 Å². The summed E-state index contributed by atoms with van der Waals surface area (Å²) in [4.78, 5) is 16.5. The number of nitrogens with one attached hydrogen (secondary N) is 2. The number of hydrogen-bond donors (Lipinski definition) is 2. The van der Waals surface area contributed by atoms with E-state index in [9.17, 15) is 4.79 Å². The Hall–Kier alpha value is -1.30. The Morgan fingerprint density at radius 2 is 2.09 bits per heavy atom. The van der Waals surface area contributed by atoms with E-state index in [2.05, 4.69) is 23.5 Å². The third kappa shape index (κ3) is 3.21. The summed E-state index contributed by atoms with van der Waals surface area (Å²) in [5.41, 5.74) is 0. The van der Waals surface area contributed by atoms with Crippen LogP contribution in [0.1, 0.15) is 11.8 Å². The summed E-state index contributed by atoms with van der Waals surface area (Å²) in [6.07, 6.45) is 0. The Bertz CT molecular complexity index is 664. The second kappa shape index (κ2) is 6.86. The van der Waals surface area contributed by atoms with Crippen LogP contribution >= 0.6 is 22.9 Å². The van der Waals surface area contributed by atoms with E-state index in [0.717, 1.165) is 43.1 Å². The smallest absolute Gasteiger partial charge is 0.317 e. The van der Waals surface area contributed by atoms with Gasteiger partial charge in [-0.15, -0.1) is 11.3 Å². The molecule has 4 nitrogen and oxygen atoms in total. The summed E-state index contributed by atoms with van der Waals surface area (Å²) < 4.78 is 1.25. The average Bonchev–Trinajstić information content (AvgIpc) is 2.85. The van der Waals surface area contributed by atoms with Gasteiger partial charge in [-0.2, -0.15) is 0 Å². The monoisotopic (exact) mass is 338 g/mol. The van der Waals surface area contributed by atoms with E-state index >= 15 is 0 Å². The fourth-order valence-corrected chi connectivity index (χ4v) is 4.44. The van der Waals surface area contributed by atoms with Gasteiger partial charge in [0.2, 0.25) is 0 Å². The van der Waals surface area contributed by atoms with Crippen LogP contribution in [0, 0.1) is 0 Å². The van der Waals surface area contributed by atoms with E-state index in [1.54, 1.807) is 11.3 Å². The molecular formula is C16H21ClN3OS+. The number of piperazine rings is 1. The third-order valence-corrected chi connectivity index (χ3v) is 5.81. The molecule has 0 spiro atoms. The molecule has 1 aromatic carbocycles. The van der Waals surface area contributed by atoms with E-state index in [-0.39, 0.29) is 6.03 Å². The number of amides is 2. The zero-order valence-corrected chi connectivity index (χ0v) is 14.3. The number of hydrogen-bond acceptors (Lipinski definition) is 2. The zero-order valence-electron chi connectivity index (χ0n) is 12.7. The van der Waals surface area contributed by atoms with Gasteiger partial charge in [-0.3, -0.25) is 0 Å². The number of fused-ring (bicyclic) bond motifs is 1. The lowest BCUT2D eigenvalue weighted by molar-refractivity contribution is -0.917. The molecule has 0 aliphatic carbocycles. The Morgan fingerprint density at radius 1 is 1.36 bits per heavy atom. The van der Waals surface area contributed by atoms with Crippen LogP contribution in [0.15, 0.2) is 24.3 Å². The van der Waals surface area contributed by atoms with E-state index < -0.39 is 0 Å². The quantitative estimate of drug-likeness (QED) is 0.882. The molecule has 0 saturated carbocycles. The summed E-state index contributed by atoms with van der Waals surface area (Å²) in [6, 6.07) is 8.35. The van der Waals surface area contributed by atoms with Gasteiger partial charge in [0, 0.05) is 16.6 Å². The maximum atomic E-state index is 11.8. The minimum Gasteiger partial charge on any atom is -0.338 e. The molecule has 0 unspecified atom stereocenters. The number of urea groups is 1. The molecule has 1 aliphatic heterocycles. The molecule has 1 aliphatic rings. The van der Waals surface area contributed by atoms with Gasteiger partial charge in [0.25, 0.3) is 0 Å². The highest BCUT2D eigenvalue weighted by Gasteiger charge is 2.24. The Balaban J connectivity index is 1.62. The molecule has 6 heteroatoms. The summed E-state index contributed by atoms with van der Waals surface area (Å²) in [5.74, 6) is 0. The topological polar surface area (TPSA) is 36.8 Å². The highest BCUT2D eigenvalue weighted by molar-refractivity contribution is 7.19. The third-order valence-electron chi connectivity index (χ3n) is 4.10. The SMILES string of the molecule is CCNC(=O)N1CC[NH+](Cc2sc3ccccc3c2Cl)CC1. The lowest BCUT2D eigenvalue weighted by atomic mass is 10.2. The molecule has 22 heavy (non-hydrogen) atoms. The molecule has 2 heterocycles. The van der Waals surface area contributed by atoms with E-state index in [0.29, 0.717) is 6.54 Å². The molecule has 0 bridgehead atoms. The number of nitrogens with zero attached hydrogens (tertiary/aromatic N) is 1. The summed E-state index contributed by atoms with van der Waals surface area (Å²) in [6.45, 7) is 7.14. The van der Waals surface area contributed by atoms with Crippen LogP contribution in [0.25, 0.3) is 10.1 Å². The summed E-state index contributed by atoms with van der Waals surface area (Å²) in [5, 5.41) is 4.92. The second-order valence-electron chi connectivity index (χ2n) is 5.58. The normalized spacial score (nSPS) is 16.2. The van der Waals surface area contributed by atoms with Crippen molar-refractivity contribution >= 4 is 39.1 Å². The molecule has 1 saturated heterocycles. The predicted molar refractivity (Wildman–Crippen MR) is 91.9 cm³/mol. The van der Waals surface area contributed by atoms with Gasteiger partial charge in [0.15, 0.2) is 0 Å². The number of carbonyl (C=O) groups is 1. The van der Waals surface area contributed by atoms with Gasteiger partial charge in [-0.1, -0.05) is 29.8 Å². The van der Waals surface area contributed by atoms with Gasteiger partial charge in [0.1, 0.15) is 6.54 Å². The van der Waals surface area contributed by atoms with Crippen molar-refractivity contribution in [3.05, 3.63) is 34.2 Å². The molecule has 118 valence electrons. The Morgan fingerprint density at radius 3 is 2.77 bits per heavy atom. The van der Waals surface area contributed by atoms with Crippen LogP contribution in [0.4, 0.5) is 4.79 Å². The highest BCUT2D eigenvalue weighted by Crippen LogP contribution is 2.34. The predicted octanol–water partition coefficient (Wildman–Crippen LogP) is 1.98. The molecule has 2 aromatic rings. The van der Waals surface area contributed by atoms with Crippen molar-refractivity contribution in [2.45, 2.75) is 13.5 Å². The zero-order chi connectivity index (χ0) is 15.5. The molecule has 3 rings (SSSR count). The first-order valence-corrected chi connectivity index (χ1v) is 8.90. The number of halogens is 1. The van der Waals surface area contributed by atoms with E-state index in [1.807, 2.05) is 17.9 Å². The first-order chi connectivity index (χ1) is 10.7. The van der Waals surface area contributed by atoms with Gasteiger partial charge < -0.3 is 15.1 Å². The van der Waals surface area contributed by atoms with Crippen molar-refractivity contribution in [2.75, 3.05) is 32.7 Å². The lowest BCUT2D eigenvalue weighted by Gasteiger charge is -2.32. The van der Waals surface area contributed by atoms with Crippen LogP contribution in [0.3, 0.4) is 0 Å². The first-order valence-electron chi connectivity index (χ1n) is 7.71. The van der Waals surface area contributed by atoms with E-state index in [1.165, 1.54) is 14.5 Å². The maximum Gasteiger partial charge on any atom is 0.317 e. The molecule has 0 radical (unpaired) electrons. The van der Waals surface area contributed by atoms with Crippen molar-refractivity contribution in [3.63, 3.8) is 0 Å². The van der Waals surface area contributed by atoms with Gasteiger partial charge in [0.05, 0.1) is 36.1 Å². The van der Waals surface area contributed by atoms with Crippen LogP contribution in [-0.4, -0.2) is 43.7 Å². The molecular weight excluding hydrogens is 318 g/mol. The molecule has 1 fully saturated rings. The van der Waals surface area contributed by atoms with Crippen LogP contribution < -0.4 is 10.2 Å². The second-order valence-corrected chi connectivity index (χ2v) is 7.10. The van der Waals surface area contributed by atoms with Gasteiger partial charge >= 0.3 is 6.03 Å². The number of thiophene rings is 1. The Kier molecular flexibility index (Phi) is 4.86.